The fraction of sp³-hybridized carbons (Fsp3) is 0.273. The summed E-state index contributed by atoms with van der Waals surface area (Å²) in [6.45, 7) is 5.36. The maximum Gasteiger partial charge on any atom is 0.269 e. The number of benzene rings is 1. The van der Waals surface area contributed by atoms with Gasteiger partial charge in [-0.15, -0.1) is 0 Å². The van der Waals surface area contributed by atoms with E-state index in [0.717, 1.165) is 22.4 Å². The Morgan fingerprint density at radius 2 is 2.07 bits per heavy atom. The minimum absolute atomic E-state index is 0.0998. The molecule has 4 rings (SSSR count). The van der Waals surface area contributed by atoms with Gasteiger partial charge < -0.3 is 20.5 Å². The number of aliphatic imine (C=N–C) groups is 1. The van der Waals surface area contributed by atoms with Gasteiger partial charge in [0, 0.05) is 48.0 Å². The summed E-state index contributed by atoms with van der Waals surface area (Å²) in [5.74, 6) is 0.0708. The normalized spacial score (nSPS) is 14.7. The van der Waals surface area contributed by atoms with Crippen molar-refractivity contribution in [2.75, 3.05) is 13.6 Å². The zero-order valence-corrected chi connectivity index (χ0v) is 16.9. The Morgan fingerprint density at radius 3 is 2.86 bits per heavy atom. The highest BCUT2D eigenvalue weighted by atomic mass is 19.1. The number of nitrogens with zero attached hydrogens (tertiary/aromatic N) is 2. The van der Waals surface area contributed by atoms with Crippen molar-refractivity contribution in [3.8, 4) is 0 Å². The molecule has 0 aliphatic carbocycles. The highest BCUT2D eigenvalue weighted by Crippen LogP contribution is 2.21. The molecule has 7 heteroatoms. The Labute approximate surface area is 169 Å². The molecule has 2 aliphatic heterocycles. The maximum atomic E-state index is 14.4. The molecule has 0 radical (unpaired) electrons. The molecule has 0 fully saturated rings. The lowest BCUT2D eigenvalue weighted by Crippen LogP contribution is -2.32. The van der Waals surface area contributed by atoms with Crippen LogP contribution in [0.2, 0.25) is 0 Å². The van der Waals surface area contributed by atoms with Gasteiger partial charge in [0.05, 0.1) is 0 Å². The number of carbonyl (C=O) groups is 1. The number of hydrogen-bond acceptors (Lipinski definition) is 4. The monoisotopic (exact) mass is 395 g/mol. The van der Waals surface area contributed by atoms with Gasteiger partial charge in [-0.2, -0.15) is 0 Å². The second kappa shape index (κ2) is 9.34. The lowest BCUT2D eigenvalue weighted by Gasteiger charge is -2.24. The van der Waals surface area contributed by atoms with E-state index in [9.17, 15) is 9.18 Å². The summed E-state index contributed by atoms with van der Waals surface area (Å²) in [7, 11) is 1.86. The number of allylic oxidation sites excluding steroid dienone is 2. The highest BCUT2D eigenvalue weighted by molar-refractivity contribution is 6.02. The van der Waals surface area contributed by atoms with Gasteiger partial charge >= 0.3 is 0 Å². The summed E-state index contributed by atoms with van der Waals surface area (Å²) >= 11 is 0. The number of hydrogen-bond donors (Lipinski definition) is 3. The number of halogens is 1. The molecule has 0 bridgehead atoms. The standard InChI is InChI=1S/C20H20FN5O.C2H6/c1-22-12-15-8-13-9-16(21)14(10-18(13)24-15)11-23-20(27)17-5-7-26-6-3-2-4-19(26)25-17;1-2/h2-6,8-10,22,24H,7,11-12H2,1H3,(H,23,27);1-2H3. The molecular formula is C22H26FN5O. The highest BCUT2D eigenvalue weighted by Gasteiger charge is 2.18. The largest absolute Gasteiger partial charge is 0.357 e. The molecule has 0 unspecified atom stereocenters. The van der Waals surface area contributed by atoms with Crippen LogP contribution in [0.4, 0.5) is 4.39 Å². The molecule has 29 heavy (non-hydrogen) atoms. The molecule has 3 heterocycles. The number of amidine groups is 1. The van der Waals surface area contributed by atoms with Gasteiger partial charge in [-0.1, -0.05) is 19.9 Å². The minimum Gasteiger partial charge on any atom is -0.357 e. The van der Waals surface area contributed by atoms with Crippen LogP contribution < -0.4 is 10.6 Å². The first-order chi connectivity index (χ1) is 14.1. The molecule has 0 saturated carbocycles. The lowest BCUT2D eigenvalue weighted by molar-refractivity contribution is -0.117. The van der Waals surface area contributed by atoms with Gasteiger partial charge in [0.1, 0.15) is 17.3 Å². The first-order valence-corrected chi connectivity index (χ1v) is 9.77. The smallest absolute Gasteiger partial charge is 0.269 e. The molecule has 6 nitrogen and oxygen atoms in total. The number of carbonyl (C=O) groups excluding carboxylic acids is 1. The summed E-state index contributed by atoms with van der Waals surface area (Å²) in [4.78, 5) is 22.0. The number of H-pyrrole nitrogens is 1. The molecule has 0 spiro atoms. The van der Waals surface area contributed by atoms with Gasteiger partial charge in [0.15, 0.2) is 0 Å². The van der Waals surface area contributed by atoms with E-state index in [1.807, 2.05) is 56.3 Å². The zero-order valence-electron chi connectivity index (χ0n) is 16.9. The number of aromatic nitrogens is 1. The third kappa shape index (κ3) is 4.63. The molecule has 0 saturated heterocycles. The third-order valence-corrected chi connectivity index (χ3v) is 4.52. The molecular weight excluding hydrogens is 369 g/mol. The van der Waals surface area contributed by atoms with Crippen molar-refractivity contribution in [1.29, 1.82) is 0 Å². The van der Waals surface area contributed by atoms with Gasteiger partial charge in [0.25, 0.3) is 5.91 Å². The quantitative estimate of drug-likeness (QED) is 0.727. The third-order valence-electron chi connectivity index (χ3n) is 4.52. The summed E-state index contributed by atoms with van der Waals surface area (Å²) in [6.07, 6.45) is 9.31. The number of fused-ring (bicyclic) bond motifs is 2. The topological polar surface area (TPSA) is 72.5 Å². The van der Waals surface area contributed by atoms with Crippen molar-refractivity contribution in [2.24, 2.45) is 4.99 Å². The fourth-order valence-electron chi connectivity index (χ4n) is 3.17. The Morgan fingerprint density at radius 1 is 1.24 bits per heavy atom. The molecule has 0 atom stereocenters. The van der Waals surface area contributed by atoms with E-state index < -0.39 is 0 Å². The van der Waals surface area contributed by atoms with Crippen molar-refractivity contribution in [3.05, 3.63) is 71.5 Å². The number of nitrogens with one attached hydrogen (secondary N) is 3. The van der Waals surface area contributed by atoms with Gasteiger partial charge in [-0.05, 0) is 43.5 Å². The van der Waals surface area contributed by atoms with E-state index in [1.54, 1.807) is 12.1 Å². The number of rotatable bonds is 5. The van der Waals surface area contributed by atoms with Crippen LogP contribution in [0.25, 0.3) is 10.9 Å². The SMILES string of the molecule is CC.CNCc1cc2cc(F)c(CNC(=O)C3=CCN4C=CC=CC4=N3)cc2[nH]1. The van der Waals surface area contributed by atoms with E-state index in [0.29, 0.717) is 24.4 Å². The van der Waals surface area contributed by atoms with Crippen LogP contribution in [0.3, 0.4) is 0 Å². The molecule has 1 amide bonds. The van der Waals surface area contributed by atoms with Crippen LogP contribution >= 0.6 is 0 Å². The van der Waals surface area contributed by atoms with Crippen molar-refractivity contribution >= 4 is 22.6 Å². The van der Waals surface area contributed by atoms with Crippen molar-refractivity contribution in [1.82, 2.24) is 20.5 Å². The van der Waals surface area contributed by atoms with Crippen LogP contribution in [0.15, 0.2) is 59.4 Å². The van der Waals surface area contributed by atoms with Crippen LogP contribution in [-0.4, -0.2) is 35.2 Å². The molecule has 2 aromatic rings. The van der Waals surface area contributed by atoms with E-state index in [-0.39, 0.29) is 18.3 Å². The maximum absolute atomic E-state index is 14.4. The Hall–Kier alpha value is -3.19. The average Bonchev–Trinajstić information content (AvgIpc) is 3.14. The predicted molar refractivity (Wildman–Crippen MR) is 115 cm³/mol. The summed E-state index contributed by atoms with van der Waals surface area (Å²) in [5, 5.41) is 6.63. The number of amides is 1. The van der Waals surface area contributed by atoms with Crippen LogP contribution in [0.5, 0.6) is 0 Å². The van der Waals surface area contributed by atoms with Gasteiger partial charge in [-0.3, -0.25) is 4.79 Å². The summed E-state index contributed by atoms with van der Waals surface area (Å²) in [5.41, 5.74) is 2.60. The average molecular weight is 395 g/mol. The second-order valence-electron chi connectivity index (χ2n) is 6.45. The molecule has 1 aromatic carbocycles. The van der Waals surface area contributed by atoms with Crippen molar-refractivity contribution in [2.45, 2.75) is 26.9 Å². The van der Waals surface area contributed by atoms with Crippen molar-refractivity contribution in [3.63, 3.8) is 0 Å². The Balaban J connectivity index is 0.00000117. The van der Waals surface area contributed by atoms with Gasteiger partial charge in [0.2, 0.25) is 0 Å². The number of aromatic amines is 1. The van der Waals surface area contributed by atoms with Crippen LogP contribution in [0.1, 0.15) is 25.1 Å². The predicted octanol–water partition coefficient (Wildman–Crippen LogP) is 3.35. The Bertz CT molecular complexity index is 1020. The molecule has 2 aliphatic rings. The first kappa shape index (κ1) is 20.5. The summed E-state index contributed by atoms with van der Waals surface area (Å²) < 4.78 is 14.4. The zero-order chi connectivity index (χ0) is 20.8. The first-order valence-electron chi connectivity index (χ1n) is 9.77. The van der Waals surface area contributed by atoms with Crippen LogP contribution in [0, 0.1) is 5.82 Å². The van der Waals surface area contributed by atoms with E-state index in [1.165, 1.54) is 6.07 Å². The van der Waals surface area contributed by atoms with Crippen LogP contribution in [-0.2, 0) is 17.9 Å². The second-order valence-corrected chi connectivity index (χ2v) is 6.45. The fourth-order valence-corrected chi connectivity index (χ4v) is 3.17. The summed E-state index contributed by atoms with van der Waals surface area (Å²) in [6, 6.07) is 5.14. The Kier molecular flexibility index (Phi) is 6.61. The molecule has 1 aromatic heterocycles. The van der Waals surface area contributed by atoms with E-state index in [2.05, 4.69) is 20.6 Å². The van der Waals surface area contributed by atoms with E-state index in [4.69, 9.17) is 0 Å². The minimum atomic E-state index is -0.340. The molecule has 152 valence electrons. The van der Waals surface area contributed by atoms with E-state index >= 15 is 0 Å². The van der Waals surface area contributed by atoms with Crippen molar-refractivity contribution < 1.29 is 9.18 Å². The molecule has 3 N–H and O–H groups in total. The lowest BCUT2D eigenvalue weighted by atomic mass is 10.1. The van der Waals surface area contributed by atoms with Gasteiger partial charge in [-0.25, -0.2) is 9.38 Å².